The Hall–Kier alpha value is -2.85. The van der Waals surface area contributed by atoms with Crippen molar-refractivity contribution in [3.05, 3.63) is 77.9 Å². The van der Waals surface area contributed by atoms with E-state index in [1.165, 1.54) is 22.0 Å². The van der Waals surface area contributed by atoms with Gasteiger partial charge in [0.15, 0.2) is 0 Å². The summed E-state index contributed by atoms with van der Waals surface area (Å²) in [6.07, 6.45) is 7.55. The molecule has 4 atom stereocenters. The van der Waals surface area contributed by atoms with E-state index >= 15 is 8.78 Å². The van der Waals surface area contributed by atoms with Gasteiger partial charge in [0.2, 0.25) is 10.0 Å². The van der Waals surface area contributed by atoms with E-state index in [-0.39, 0.29) is 30.1 Å². The van der Waals surface area contributed by atoms with Gasteiger partial charge in [-0.2, -0.15) is 4.31 Å². The number of hydrogen-bond acceptors (Lipinski definition) is 5. The van der Waals surface area contributed by atoms with Crippen LogP contribution in [0.4, 0.5) is 14.5 Å². The summed E-state index contributed by atoms with van der Waals surface area (Å²) in [7, 11) is -3.69. The maximum absolute atomic E-state index is 15.4. The van der Waals surface area contributed by atoms with Crippen molar-refractivity contribution in [2.45, 2.75) is 76.3 Å². The Morgan fingerprint density at radius 2 is 1.67 bits per heavy atom. The van der Waals surface area contributed by atoms with Gasteiger partial charge in [-0.25, -0.2) is 17.2 Å². The standard InChI is InChI=1S/C29H37F2N5O2S/c1-21-17-34(14-13-29(21)35-19-32-33-20-35)24-15-27(30)26(28(31)16-24)18-36-22(2)11-12-25(39(36,37)38)10-6-9-23-7-4-3-5-8-23/h3-5,7-8,15-16,19-22,25,29H,6,9-14,17-18H2,1-2H3. The predicted octanol–water partition coefficient (Wildman–Crippen LogP) is 5.35. The molecule has 0 bridgehead atoms. The number of benzene rings is 2. The maximum Gasteiger partial charge on any atom is 0.217 e. The van der Waals surface area contributed by atoms with E-state index in [9.17, 15) is 8.42 Å². The van der Waals surface area contributed by atoms with Crippen molar-refractivity contribution in [2.24, 2.45) is 5.92 Å². The number of piperidine rings is 1. The second kappa shape index (κ2) is 11.7. The number of halogens is 2. The zero-order valence-corrected chi connectivity index (χ0v) is 23.4. The van der Waals surface area contributed by atoms with E-state index in [1.807, 2.05) is 46.7 Å². The van der Waals surface area contributed by atoms with Gasteiger partial charge in [-0.05, 0) is 69.1 Å². The van der Waals surface area contributed by atoms with Crippen LogP contribution < -0.4 is 4.90 Å². The Balaban J connectivity index is 1.26. The second-order valence-corrected chi connectivity index (χ2v) is 13.3. The minimum Gasteiger partial charge on any atom is -0.371 e. The number of hydrogen-bond donors (Lipinski definition) is 0. The monoisotopic (exact) mass is 557 g/mol. The Labute approximate surface area is 229 Å². The molecule has 3 heterocycles. The number of rotatable bonds is 8. The normalized spacial score (nSPS) is 25.6. The summed E-state index contributed by atoms with van der Waals surface area (Å²) in [5.41, 5.74) is 1.47. The van der Waals surface area contributed by atoms with Crippen LogP contribution in [-0.4, -0.2) is 51.9 Å². The quantitative estimate of drug-likeness (QED) is 0.374. The Morgan fingerprint density at radius 3 is 2.33 bits per heavy atom. The van der Waals surface area contributed by atoms with Gasteiger partial charge in [0.25, 0.3) is 0 Å². The number of sulfonamides is 1. The van der Waals surface area contributed by atoms with Crippen LogP contribution in [0, 0.1) is 17.6 Å². The van der Waals surface area contributed by atoms with E-state index in [2.05, 4.69) is 17.1 Å². The van der Waals surface area contributed by atoms with Crippen LogP contribution in [-0.2, 0) is 23.0 Å². The van der Waals surface area contributed by atoms with Crippen molar-refractivity contribution in [3.8, 4) is 0 Å². The number of nitrogens with zero attached hydrogens (tertiary/aromatic N) is 5. The van der Waals surface area contributed by atoms with Crippen molar-refractivity contribution in [1.82, 2.24) is 19.1 Å². The number of aryl methyl sites for hydroxylation is 1. The molecule has 4 unspecified atom stereocenters. The molecule has 5 rings (SSSR count). The minimum atomic E-state index is -3.69. The lowest BCUT2D eigenvalue weighted by molar-refractivity contribution is 0.272. The lowest BCUT2D eigenvalue weighted by atomic mass is 9.93. The average Bonchev–Trinajstić information content (AvgIpc) is 3.44. The van der Waals surface area contributed by atoms with Gasteiger partial charge in [0.1, 0.15) is 24.3 Å². The fourth-order valence-electron chi connectivity index (χ4n) is 6.15. The van der Waals surface area contributed by atoms with Gasteiger partial charge in [0.05, 0.1) is 5.25 Å². The van der Waals surface area contributed by atoms with Gasteiger partial charge in [-0.15, -0.1) is 10.2 Å². The van der Waals surface area contributed by atoms with Gasteiger partial charge < -0.3 is 9.47 Å². The molecule has 1 aromatic heterocycles. The van der Waals surface area contributed by atoms with Gasteiger partial charge >= 0.3 is 0 Å². The molecule has 2 saturated heterocycles. The van der Waals surface area contributed by atoms with E-state index in [1.54, 1.807) is 12.7 Å². The minimum absolute atomic E-state index is 0.188. The molecule has 2 aliphatic heterocycles. The van der Waals surface area contributed by atoms with Crippen LogP contribution >= 0.6 is 0 Å². The SMILES string of the molecule is CC1CN(c2cc(F)c(CN3C(C)CCC(CCCc4ccccc4)S3(=O)=O)c(F)c2)CCC1n1cnnc1. The summed E-state index contributed by atoms with van der Waals surface area (Å²) in [5, 5.41) is 7.25. The highest BCUT2D eigenvalue weighted by atomic mass is 32.2. The number of aromatic nitrogens is 3. The lowest BCUT2D eigenvalue weighted by Gasteiger charge is -2.39. The summed E-state index contributed by atoms with van der Waals surface area (Å²) in [5.74, 6) is -1.17. The molecular weight excluding hydrogens is 520 g/mol. The van der Waals surface area contributed by atoms with E-state index in [0.29, 0.717) is 38.0 Å². The molecule has 3 aromatic rings. The molecule has 0 radical (unpaired) electrons. The number of anilines is 1. The summed E-state index contributed by atoms with van der Waals surface area (Å²) in [6, 6.07) is 12.6. The Kier molecular flexibility index (Phi) is 8.32. The first-order valence-electron chi connectivity index (χ1n) is 13.9. The summed E-state index contributed by atoms with van der Waals surface area (Å²) in [4.78, 5) is 1.99. The molecular formula is C29H37F2N5O2S. The molecule has 0 spiro atoms. The molecule has 39 heavy (non-hydrogen) atoms. The van der Waals surface area contributed by atoms with Crippen molar-refractivity contribution in [3.63, 3.8) is 0 Å². The highest BCUT2D eigenvalue weighted by molar-refractivity contribution is 7.89. The van der Waals surface area contributed by atoms with Crippen LogP contribution in [0.2, 0.25) is 0 Å². The fraction of sp³-hybridized carbons (Fsp3) is 0.517. The van der Waals surface area contributed by atoms with Gasteiger partial charge in [-0.3, -0.25) is 0 Å². The van der Waals surface area contributed by atoms with Gasteiger partial charge in [-0.1, -0.05) is 37.3 Å². The highest BCUT2D eigenvalue weighted by Gasteiger charge is 2.40. The van der Waals surface area contributed by atoms with Crippen molar-refractivity contribution >= 4 is 15.7 Å². The molecule has 0 aliphatic carbocycles. The Bertz CT molecular complexity index is 1330. The zero-order valence-electron chi connectivity index (χ0n) is 22.6. The molecule has 0 saturated carbocycles. The smallest absolute Gasteiger partial charge is 0.217 e. The van der Waals surface area contributed by atoms with E-state index in [0.717, 1.165) is 19.3 Å². The van der Waals surface area contributed by atoms with E-state index in [4.69, 9.17) is 0 Å². The second-order valence-electron chi connectivity index (χ2n) is 11.1. The topological polar surface area (TPSA) is 71.3 Å². The van der Waals surface area contributed by atoms with E-state index < -0.39 is 26.9 Å². The fourth-order valence-corrected chi connectivity index (χ4v) is 8.35. The summed E-state index contributed by atoms with van der Waals surface area (Å²) in [6.45, 7) is 4.93. The third-order valence-electron chi connectivity index (χ3n) is 8.46. The molecule has 210 valence electrons. The van der Waals surface area contributed by atoms with Crippen molar-refractivity contribution in [2.75, 3.05) is 18.0 Å². The summed E-state index contributed by atoms with van der Waals surface area (Å²) >= 11 is 0. The Morgan fingerprint density at radius 1 is 0.974 bits per heavy atom. The molecule has 2 aromatic carbocycles. The average molecular weight is 558 g/mol. The first-order chi connectivity index (χ1) is 18.7. The van der Waals surface area contributed by atoms with Crippen LogP contribution in [0.25, 0.3) is 0 Å². The van der Waals surface area contributed by atoms with Crippen LogP contribution in [0.1, 0.15) is 63.1 Å². The maximum atomic E-state index is 15.4. The highest BCUT2D eigenvalue weighted by Crippen LogP contribution is 2.35. The zero-order chi connectivity index (χ0) is 27.6. The van der Waals surface area contributed by atoms with Gasteiger partial charge in [0, 0.05) is 43.0 Å². The third-order valence-corrected chi connectivity index (χ3v) is 10.9. The molecule has 2 aliphatic rings. The van der Waals surface area contributed by atoms with Crippen LogP contribution in [0.15, 0.2) is 55.1 Å². The summed E-state index contributed by atoms with van der Waals surface area (Å²) < 4.78 is 61.1. The molecule has 0 amide bonds. The molecule has 2 fully saturated rings. The van der Waals surface area contributed by atoms with Crippen molar-refractivity contribution in [1.29, 1.82) is 0 Å². The lowest BCUT2D eigenvalue weighted by Crippen LogP contribution is -2.48. The first kappa shape index (κ1) is 27.7. The third kappa shape index (κ3) is 6.01. The molecule has 7 nitrogen and oxygen atoms in total. The molecule has 0 N–H and O–H groups in total. The first-order valence-corrected chi connectivity index (χ1v) is 15.4. The van der Waals surface area contributed by atoms with Crippen LogP contribution in [0.5, 0.6) is 0 Å². The predicted molar refractivity (Wildman–Crippen MR) is 148 cm³/mol. The van der Waals surface area contributed by atoms with Crippen molar-refractivity contribution < 1.29 is 17.2 Å². The molecule has 10 heteroatoms. The largest absolute Gasteiger partial charge is 0.371 e. The van der Waals surface area contributed by atoms with Crippen LogP contribution in [0.3, 0.4) is 0 Å².